The standard InChI is InChI=1S/C17H24N2O3.ClH/c1-17(2,3)13-6-4-5-7-14(13)18-15(20)11-19-9-8-12(10-19)16(21)22;/h4-7,12H,8-11H2,1-3H3,(H,18,20)(H,21,22);1H. The summed E-state index contributed by atoms with van der Waals surface area (Å²) in [5, 5.41) is 12.0. The van der Waals surface area contributed by atoms with Crippen LogP contribution in [0.1, 0.15) is 32.8 Å². The Morgan fingerprint density at radius 2 is 1.96 bits per heavy atom. The van der Waals surface area contributed by atoms with Gasteiger partial charge >= 0.3 is 5.97 Å². The number of rotatable bonds is 4. The molecule has 1 aromatic rings. The van der Waals surface area contributed by atoms with E-state index in [1.54, 1.807) is 0 Å². The summed E-state index contributed by atoms with van der Waals surface area (Å²) in [4.78, 5) is 25.1. The van der Waals surface area contributed by atoms with Gasteiger partial charge in [0.05, 0.1) is 12.5 Å². The molecule has 23 heavy (non-hydrogen) atoms. The first-order valence-corrected chi connectivity index (χ1v) is 7.62. The number of likely N-dealkylation sites (tertiary alicyclic amines) is 1. The molecule has 1 amide bonds. The number of benzene rings is 1. The normalized spacial score (nSPS) is 18.3. The van der Waals surface area contributed by atoms with E-state index in [9.17, 15) is 9.59 Å². The Balaban J connectivity index is 0.00000264. The van der Waals surface area contributed by atoms with Crippen molar-refractivity contribution in [2.24, 2.45) is 5.92 Å². The number of carbonyl (C=O) groups is 2. The number of carboxylic acids is 1. The maximum atomic E-state index is 12.2. The molecule has 0 spiro atoms. The number of nitrogens with zero attached hydrogens (tertiary/aromatic N) is 1. The van der Waals surface area contributed by atoms with Crippen molar-refractivity contribution in [1.82, 2.24) is 4.90 Å². The average molecular weight is 341 g/mol. The molecule has 0 aromatic heterocycles. The number of para-hydroxylation sites is 1. The van der Waals surface area contributed by atoms with Crippen LogP contribution in [-0.2, 0) is 15.0 Å². The highest BCUT2D eigenvalue weighted by Crippen LogP contribution is 2.29. The first kappa shape index (κ1) is 19.5. The topological polar surface area (TPSA) is 69.6 Å². The van der Waals surface area contributed by atoms with Gasteiger partial charge in [-0.2, -0.15) is 0 Å². The fourth-order valence-electron chi connectivity index (χ4n) is 2.82. The zero-order chi connectivity index (χ0) is 16.3. The lowest BCUT2D eigenvalue weighted by molar-refractivity contribution is -0.141. The van der Waals surface area contributed by atoms with Crippen LogP contribution in [0.25, 0.3) is 0 Å². The number of halogens is 1. The van der Waals surface area contributed by atoms with Crippen molar-refractivity contribution >= 4 is 30.0 Å². The predicted molar refractivity (Wildman–Crippen MR) is 93.2 cm³/mol. The van der Waals surface area contributed by atoms with Gasteiger partial charge in [-0.05, 0) is 30.0 Å². The maximum absolute atomic E-state index is 12.2. The monoisotopic (exact) mass is 340 g/mol. The lowest BCUT2D eigenvalue weighted by atomic mass is 9.86. The number of anilines is 1. The number of carbonyl (C=O) groups excluding carboxylic acids is 1. The highest BCUT2D eigenvalue weighted by molar-refractivity contribution is 5.93. The molecule has 0 radical (unpaired) electrons. The highest BCUT2D eigenvalue weighted by atomic mass is 35.5. The number of amides is 1. The zero-order valence-electron chi connectivity index (χ0n) is 13.8. The lowest BCUT2D eigenvalue weighted by Gasteiger charge is -2.23. The van der Waals surface area contributed by atoms with E-state index in [0.717, 1.165) is 11.3 Å². The SMILES string of the molecule is CC(C)(C)c1ccccc1NC(=O)CN1CCC(C(=O)O)C1.Cl. The highest BCUT2D eigenvalue weighted by Gasteiger charge is 2.29. The second kappa shape index (κ2) is 7.79. The van der Waals surface area contributed by atoms with Gasteiger partial charge in [-0.1, -0.05) is 39.0 Å². The summed E-state index contributed by atoms with van der Waals surface area (Å²) in [6, 6.07) is 7.80. The lowest BCUT2D eigenvalue weighted by Crippen LogP contribution is -2.33. The molecule has 0 saturated carbocycles. The summed E-state index contributed by atoms with van der Waals surface area (Å²) < 4.78 is 0. The van der Waals surface area contributed by atoms with E-state index in [1.165, 1.54) is 0 Å². The number of aliphatic carboxylic acids is 1. The van der Waals surface area contributed by atoms with E-state index < -0.39 is 5.97 Å². The van der Waals surface area contributed by atoms with Crippen LogP contribution in [-0.4, -0.2) is 41.5 Å². The number of hydrogen-bond donors (Lipinski definition) is 2. The van der Waals surface area contributed by atoms with E-state index in [-0.39, 0.29) is 36.2 Å². The Kier molecular flexibility index (Phi) is 6.59. The van der Waals surface area contributed by atoms with Crippen molar-refractivity contribution in [1.29, 1.82) is 0 Å². The van der Waals surface area contributed by atoms with Gasteiger partial charge in [-0.25, -0.2) is 0 Å². The summed E-state index contributed by atoms with van der Waals surface area (Å²) >= 11 is 0. The molecule has 1 fully saturated rings. The molecule has 1 heterocycles. The minimum atomic E-state index is -0.777. The van der Waals surface area contributed by atoms with E-state index in [4.69, 9.17) is 5.11 Å². The van der Waals surface area contributed by atoms with Crippen LogP contribution in [0.3, 0.4) is 0 Å². The van der Waals surface area contributed by atoms with Gasteiger partial charge < -0.3 is 10.4 Å². The summed E-state index contributed by atoms with van der Waals surface area (Å²) in [6.07, 6.45) is 0.612. The van der Waals surface area contributed by atoms with Gasteiger partial charge in [0.15, 0.2) is 0 Å². The minimum Gasteiger partial charge on any atom is -0.481 e. The third-order valence-electron chi connectivity index (χ3n) is 4.00. The van der Waals surface area contributed by atoms with Crippen molar-refractivity contribution in [2.75, 3.05) is 25.0 Å². The second-order valence-corrected chi connectivity index (χ2v) is 6.90. The van der Waals surface area contributed by atoms with Crippen LogP contribution >= 0.6 is 12.4 Å². The Morgan fingerprint density at radius 1 is 1.30 bits per heavy atom. The van der Waals surface area contributed by atoms with Crippen molar-refractivity contribution in [2.45, 2.75) is 32.6 Å². The van der Waals surface area contributed by atoms with Gasteiger partial charge in [-0.3, -0.25) is 14.5 Å². The second-order valence-electron chi connectivity index (χ2n) is 6.90. The first-order valence-electron chi connectivity index (χ1n) is 7.62. The summed E-state index contributed by atoms with van der Waals surface area (Å²) in [5.41, 5.74) is 1.87. The number of carboxylic acid groups (broad SMARTS) is 1. The number of nitrogens with one attached hydrogen (secondary N) is 1. The fraction of sp³-hybridized carbons (Fsp3) is 0.529. The van der Waals surface area contributed by atoms with E-state index in [0.29, 0.717) is 19.5 Å². The van der Waals surface area contributed by atoms with Crippen LogP contribution in [0.5, 0.6) is 0 Å². The Hall–Kier alpha value is -1.59. The third-order valence-corrected chi connectivity index (χ3v) is 4.00. The van der Waals surface area contributed by atoms with Crippen LogP contribution in [0.4, 0.5) is 5.69 Å². The molecule has 1 saturated heterocycles. The molecular weight excluding hydrogens is 316 g/mol. The smallest absolute Gasteiger partial charge is 0.307 e. The van der Waals surface area contributed by atoms with Crippen LogP contribution in [0, 0.1) is 5.92 Å². The van der Waals surface area contributed by atoms with E-state index >= 15 is 0 Å². The largest absolute Gasteiger partial charge is 0.481 e. The minimum absolute atomic E-state index is 0. The summed E-state index contributed by atoms with van der Waals surface area (Å²) in [5.74, 6) is -1.22. The predicted octanol–water partition coefficient (Wildman–Crippen LogP) is 2.75. The molecule has 6 heteroatoms. The zero-order valence-corrected chi connectivity index (χ0v) is 14.7. The van der Waals surface area contributed by atoms with Crippen LogP contribution in [0.15, 0.2) is 24.3 Å². The fourth-order valence-corrected chi connectivity index (χ4v) is 2.82. The van der Waals surface area contributed by atoms with Gasteiger partial charge in [-0.15, -0.1) is 12.4 Å². The number of hydrogen-bond acceptors (Lipinski definition) is 3. The van der Waals surface area contributed by atoms with Gasteiger partial charge in [0, 0.05) is 12.2 Å². The average Bonchev–Trinajstić information content (AvgIpc) is 2.86. The molecule has 1 aromatic carbocycles. The molecule has 2 rings (SSSR count). The Labute approximate surface area is 143 Å². The summed E-state index contributed by atoms with van der Waals surface area (Å²) in [6.45, 7) is 7.67. The van der Waals surface area contributed by atoms with Crippen molar-refractivity contribution in [3.8, 4) is 0 Å². The molecule has 2 N–H and O–H groups in total. The molecule has 1 aliphatic heterocycles. The molecular formula is C17H25ClN2O3. The van der Waals surface area contributed by atoms with Gasteiger partial charge in [0.2, 0.25) is 5.91 Å². The summed E-state index contributed by atoms with van der Waals surface area (Å²) in [7, 11) is 0. The molecule has 0 aliphatic carbocycles. The molecule has 5 nitrogen and oxygen atoms in total. The van der Waals surface area contributed by atoms with Crippen molar-refractivity contribution in [3.63, 3.8) is 0 Å². The van der Waals surface area contributed by atoms with Gasteiger partial charge in [0.1, 0.15) is 0 Å². The van der Waals surface area contributed by atoms with E-state index in [1.807, 2.05) is 29.2 Å². The van der Waals surface area contributed by atoms with Crippen LogP contribution < -0.4 is 5.32 Å². The molecule has 1 aliphatic rings. The maximum Gasteiger partial charge on any atom is 0.307 e. The quantitative estimate of drug-likeness (QED) is 0.884. The van der Waals surface area contributed by atoms with E-state index in [2.05, 4.69) is 26.1 Å². The molecule has 1 atom stereocenters. The molecule has 1 unspecified atom stereocenters. The molecule has 0 bridgehead atoms. The third kappa shape index (κ3) is 5.22. The Morgan fingerprint density at radius 3 is 2.52 bits per heavy atom. The van der Waals surface area contributed by atoms with Crippen molar-refractivity contribution in [3.05, 3.63) is 29.8 Å². The van der Waals surface area contributed by atoms with Gasteiger partial charge in [0.25, 0.3) is 0 Å². The van der Waals surface area contributed by atoms with Crippen LogP contribution in [0.2, 0.25) is 0 Å². The Bertz CT molecular complexity index is 569. The first-order chi connectivity index (χ1) is 10.3. The molecule has 128 valence electrons. The van der Waals surface area contributed by atoms with Crippen molar-refractivity contribution < 1.29 is 14.7 Å².